The maximum Gasteiger partial charge on any atom is 0.123 e. The molecule has 0 heterocycles. The summed E-state index contributed by atoms with van der Waals surface area (Å²) in [6.45, 7) is 4.11. The number of halogens is 2. The van der Waals surface area contributed by atoms with Gasteiger partial charge >= 0.3 is 0 Å². The second kappa shape index (κ2) is 5.98. The zero-order valence-corrected chi connectivity index (χ0v) is 13.5. The Morgan fingerprint density at radius 2 is 1.84 bits per heavy atom. The number of benzene rings is 2. The van der Waals surface area contributed by atoms with Crippen LogP contribution in [0.3, 0.4) is 0 Å². The lowest BCUT2D eigenvalue weighted by Crippen LogP contribution is -1.99. The zero-order chi connectivity index (χ0) is 14.0. The van der Waals surface area contributed by atoms with Gasteiger partial charge in [0.25, 0.3) is 0 Å². The fourth-order valence-electron chi connectivity index (χ4n) is 2.09. The average molecular weight is 340 g/mol. The predicted octanol–water partition coefficient (Wildman–Crippen LogP) is 5.40. The van der Waals surface area contributed by atoms with E-state index in [1.165, 1.54) is 11.1 Å². The van der Waals surface area contributed by atoms with E-state index >= 15 is 0 Å². The fourth-order valence-corrected chi connectivity index (χ4v) is 3.06. The molecule has 0 N–H and O–H groups in total. The van der Waals surface area contributed by atoms with Gasteiger partial charge in [0, 0.05) is 10.0 Å². The topological polar surface area (TPSA) is 9.23 Å². The van der Waals surface area contributed by atoms with Gasteiger partial charge in [-0.25, -0.2) is 0 Å². The molecule has 0 radical (unpaired) electrons. The molecule has 0 fully saturated rings. The van der Waals surface area contributed by atoms with Crippen LogP contribution in [0, 0.1) is 13.8 Å². The van der Waals surface area contributed by atoms with Gasteiger partial charge in [-0.3, -0.25) is 0 Å². The minimum Gasteiger partial charge on any atom is -0.496 e. The summed E-state index contributed by atoms with van der Waals surface area (Å²) in [5, 5.41) is -0.232. The molecule has 1 unspecified atom stereocenters. The van der Waals surface area contributed by atoms with Gasteiger partial charge in [0.05, 0.1) is 12.5 Å². The van der Waals surface area contributed by atoms with Crippen molar-refractivity contribution in [1.29, 1.82) is 0 Å². The van der Waals surface area contributed by atoms with Crippen LogP contribution in [0.25, 0.3) is 0 Å². The average Bonchev–Trinajstić information content (AvgIpc) is 2.41. The molecule has 0 bridgehead atoms. The highest BCUT2D eigenvalue weighted by atomic mass is 79.9. The lowest BCUT2D eigenvalue weighted by atomic mass is 10.00. The Morgan fingerprint density at radius 1 is 1.11 bits per heavy atom. The van der Waals surface area contributed by atoms with Crippen molar-refractivity contribution in [2.75, 3.05) is 7.11 Å². The van der Waals surface area contributed by atoms with Crippen LogP contribution in [0.1, 0.15) is 27.6 Å². The van der Waals surface area contributed by atoms with Gasteiger partial charge in [-0.1, -0.05) is 51.8 Å². The number of hydrogen-bond donors (Lipinski definition) is 0. The van der Waals surface area contributed by atoms with E-state index in [4.69, 9.17) is 16.3 Å². The Labute approximate surface area is 127 Å². The molecular weight excluding hydrogens is 324 g/mol. The Morgan fingerprint density at radius 3 is 2.53 bits per heavy atom. The van der Waals surface area contributed by atoms with Crippen molar-refractivity contribution in [3.63, 3.8) is 0 Å². The first-order valence-corrected chi connectivity index (χ1v) is 7.31. The van der Waals surface area contributed by atoms with E-state index in [1.807, 2.05) is 24.3 Å². The summed E-state index contributed by atoms with van der Waals surface area (Å²) in [5.41, 5.74) is 4.40. The first-order valence-electron chi connectivity index (χ1n) is 6.08. The van der Waals surface area contributed by atoms with E-state index < -0.39 is 0 Å². The van der Waals surface area contributed by atoms with Crippen LogP contribution < -0.4 is 4.74 Å². The highest BCUT2D eigenvalue weighted by molar-refractivity contribution is 9.10. The van der Waals surface area contributed by atoms with E-state index in [9.17, 15) is 0 Å². The van der Waals surface area contributed by atoms with Crippen LogP contribution in [0.4, 0.5) is 0 Å². The molecule has 0 aliphatic heterocycles. The standard InChI is InChI=1S/C16H16BrClO/c1-10-7-8-14(19-3)13(9-10)16(18)12-6-4-5-11(2)15(12)17/h4-9,16H,1-3H3. The number of methoxy groups -OCH3 is 1. The lowest BCUT2D eigenvalue weighted by Gasteiger charge is -2.17. The number of ether oxygens (including phenoxy) is 1. The van der Waals surface area contributed by atoms with Crippen LogP contribution >= 0.6 is 27.5 Å². The summed E-state index contributed by atoms with van der Waals surface area (Å²) < 4.78 is 6.47. The normalized spacial score (nSPS) is 12.3. The molecule has 100 valence electrons. The summed E-state index contributed by atoms with van der Waals surface area (Å²) >= 11 is 10.3. The predicted molar refractivity (Wildman–Crippen MR) is 84.3 cm³/mol. The van der Waals surface area contributed by atoms with Crippen LogP contribution in [0.5, 0.6) is 5.75 Å². The van der Waals surface area contributed by atoms with Crippen LogP contribution in [0.2, 0.25) is 0 Å². The third-order valence-electron chi connectivity index (χ3n) is 3.15. The van der Waals surface area contributed by atoms with Crippen molar-refractivity contribution < 1.29 is 4.74 Å². The monoisotopic (exact) mass is 338 g/mol. The number of rotatable bonds is 3. The number of alkyl halides is 1. The third-order valence-corrected chi connectivity index (χ3v) is 4.71. The summed E-state index contributed by atoms with van der Waals surface area (Å²) in [6.07, 6.45) is 0. The first kappa shape index (κ1) is 14.4. The van der Waals surface area contributed by atoms with Gasteiger partial charge in [-0.05, 0) is 31.0 Å². The van der Waals surface area contributed by atoms with E-state index in [2.05, 4.69) is 41.9 Å². The Kier molecular flexibility index (Phi) is 4.54. The molecule has 2 aromatic rings. The summed E-state index contributed by atoms with van der Waals surface area (Å²) in [6, 6.07) is 12.2. The summed E-state index contributed by atoms with van der Waals surface area (Å²) in [4.78, 5) is 0. The summed E-state index contributed by atoms with van der Waals surface area (Å²) in [5.74, 6) is 0.819. The van der Waals surface area contributed by atoms with Gasteiger partial charge in [0.1, 0.15) is 5.75 Å². The third kappa shape index (κ3) is 2.96. The van der Waals surface area contributed by atoms with Crippen molar-refractivity contribution in [3.05, 3.63) is 63.1 Å². The molecule has 0 aromatic heterocycles. The van der Waals surface area contributed by atoms with E-state index in [0.717, 1.165) is 21.3 Å². The van der Waals surface area contributed by atoms with Gasteiger partial charge in [-0.2, -0.15) is 0 Å². The SMILES string of the molecule is COc1ccc(C)cc1C(Cl)c1cccc(C)c1Br. The molecule has 2 rings (SSSR count). The second-order valence-electron chi connectivity index (χ2n) is 4.59. The fraction of sp³-hybridized carbons (Fsp3) is 0.250. The largest absolute Gasteiger partial charge is 0.496 e. The molecule has 0 saturated carbocycles. The zero-order valence-electron chi connectivity index (χ0n) is 11.2. The first-order chi connectivity index (χ1) is 9.04. The van der Waals surface area contributed by atoms with Crippen LogP contribution in [-0.2, 0) is 0 Å². The molecule has 1 nitrogen and oxygen atoms in total. The molecule has 2 aromatic carbocycles. The van der Waals surface area contributed by atoms with Crippen molar-refractivity contribution in [3.8, 4) is 5.75 Å². The van der Waals surface area contributed by atoms with Gasteiger partial charge in [-0.15, -0.1) is 11.6 Å². The van der Waals surface area contributed by atoms with Crippen LogP contribution in [0.15, 0.2) is 40.9 Å². The van der Waals surface area contributed by atoms with Crippen molar-refractivity contribution in [2.24, 2.45) is 0 Å². The summed E-state index contributed by atoms with van der Waals surface area (Å²) in [7, 11) is 1.67. The molecule has 1 atom stereocenters. The van der Waals surface area contributed by atoms with Crippen molar-refractivity contribution in [2.45, 2.75) is 19.2 Å². The molecule has 3 heteroatoms. The van der Waals surface area contributed by atoms with E-state index in [-0.39, 0.29) is 5.38 Å². The van der Waals surface area contributed by atoms with Crippen LogP contribution in [-0.4, -0.2) is 7.11 Å². The van der Waals surface area contributed by atoms with E-state index in [1.54, 1.807) is 7.11 Å². The molecule has 0 saturated heterocycles. The van der Waals surface area contributed by atoms with Gasteiger partial charge in [0.2, 0.25) is 0 Å². The Hall–Kier alpha value is -0.990. The van der Waals surface area contributed by atoms with Crippen molar-refractivity contribution >= 4 is 27.5 Å². The second-order valence-corrected chi connectivity index (χ2v) is 5.82. The number of aryl methyl sites for hydroxylation is 2. The maximum absolute atomic E-state index is 6.65. The molecule has 0 aliphatic carbocycles. The van der Waals surface area contributed by atoms with Crippen molar-refractivity contribution in [1.82, 2.24) is 0 Å². The highest BCUT2D eigenvalue weighted by Gasteiger charge is 2.18. The highest BCUT2D eigenvalue weighted by Crippen LogP contribution is 2.39. The molecule has 0 aliphatic rings. The quantitative estimate of drug-likeness (QED) is 0.680. The van der Waals surface area contributed by atoms with E-state index in [0.29, 0.717) is 0 Å². The molecule has 0 spiro atoms. The molecule has 0 amide bonds. The lowest BCUT2D eigenvalue weighted by molar-refractivity contribution is 0.410. The molecular formula is C16H16BrClO. The molecule has 19 heavy (non-hydrogen) atoms. The Balaban J connectivity index is 2.52. The Bertz CT molecular complexity index is 595. The van der Waals surface area contributed by atoms with Gasteiger partial charge in [0.15, 0.2) is 0 Å². The minimum absolute atomic E-state index is 0.232. The maximum atomic E-state index is 6.65. The number of hydrogen-bond acceptors (Lipinski definition) is 1. The minimum atomic E-state index is -0.232. The van der Waals surface area contributed by atoms with Gasteiger partial charge < -0.3 is 4.74 Å². The smallest absolute Gasteiger partial charge is 0.123 e.